The van der Waals surface area contributed by atoms with Gasteiger partial charge in [0.1, 0.15) is 16.5 Å². The first-order chi connectivity index (χ1) is 15.2. The first-order valence-electron chi connectivity index (χ1n) is 9.71. The van der Waals surface area contributed by atoms with E-state index < -0.39 is 5.82 Å². The molecule has 1 amide bonds. The van der Waals surface area contributed by atoms with Gasteiger partial charge in [-0.2, -0.15) is 0 Å². The van der Waals surface area contributed by atoms with Gasteiger partial charge in [0, 0.05) is 10.6 Å². The molecule has 0 saturated carbocycles. The van der Waals surface area contributed by atoms with E-state index in [2.05, 4.69) is 15.3 Å². The molecule has 0 fully saturated rings. The molecular formula is C23H19ClFN3O2S2. The SMILES string of the molecule is Cc1ccc(NC(=O)c2sc3nc(CSc4ccc(F)c(Cl)c4)[nH]c(=O)c3c2C)c(C)c1. The van der Waals surface area contributed by atoms with Crippen LogP contribution >= 0.6 is 34.7 Å². The molecule has 2 N–H and O–H groups in total. The lowest BCUT2D eigenvalue weighted by atomic mass is 10.1. The molecule has 0 bridgehead atoms. The molecule has 0 atom stereocenters. The number of fused-ring (bicyclic) bond motifs is 1. The lowest BCUT2D eigenvalue weighted by Crippen LogP contribution is -2.13. The number of anilines is 1. The molecule has 0 saturated heterocycles. The van der Waals surface area contributed by atoms with E-state index in [1.165, 1.54) is 35.2 Å². The zero-order valence-corrected chi connectivity index (χ0v) is 19.9. The maximum absolute atomic E-state index is 13.3. The molecule has 0 unspecified atom stereocenters. The largest absolute Gasteiger partial charge is 0.321 e. The summed E-state index contributed by atoms with van der Waals surface area (Å²) in [6, 6.07) is 10.2. The molecule has 164 valence electrons. The number of nitrogens with one attached hydrogen (secondary N) is 2. The van der Waals surface area contributed by atoms with Crippen LogP contribution in [0, 0.1) is 26.6 Å². The van der Waals surface area contributed by atoms with E-state index in [0.717, 1.165) is 21.7 Å². The van der Waals surface area contributed by atoms with Crippen molar-refractivity contribution < 1.29 is 9.18 Å². The van der Waals surface area contributed by atoms with Crippen molar-refractivity contribution in [3.63, 3.8) is 0 Å². The summed E-state index contributed by atoms with van der Waals surface area (Å²) >= 11 is 8.39. The minimum absolute atomic E-state index is 0.0419. The van der Waals surface area contributed by atoms with Crippen LogP contribution in [0.3, 0.4) is 0 Å². The predicted molar refractivity (Wildman–Crippen MR) is 130 cm³/mol. The Hall–Kier alpha value is -2.68. The molecule has 5 nitrogen and oxygen atoms in total. The van der Waals surface area contributed by atoms with Crippen molar-refractivity contribution in [2.75, 3.05) is 5.32 Å². The molecule has 4 rings (SSSR count). The van der Waals surface area contributed by atoms with Gasteiger partial charge in [0.2, 0.25) is 0 Å². The van der Waals surface area contributed by atoms with Crippen LogP contribution in [0.5, 0.6) is 0 Å². The smallest absolute Gasteiger partial charge is 0.266 e. The number of aromatic nitrogens is 2. The molecular weight excluding hydrogens is 469 g/mol. The zero-order chi connectivity index (χ0) is 23.0. The fourth-order valence-electron chi connectivity index (χ4n) is 3.32. The van der Waals surface area contributed by atoms with E-state index in [1.54, 1.807) is 13.0 Å². The summed E-state index contributed by atoms with van der Waals surface area (Å²) in [5.41, 5.74) is 3.12. The van der Waals surface area contributed by atoms with Crippen LogP contribution in [0.15, 0.2) is 46.1 Å². The normalized spacial score (nSPS) is 11.2. The highest BCUT2D eigenvalue weighted by molar-refractivity contribution is 7.98. The monoisotopic (exact) mass is 487 g/mol. The van der Waals surface area contributed by atoms with Gasteiger partial charge in [-0.1, -0.05) is 29.3 Å². The second-order valence-corrected chi connectivity index (χ2v) is 9.84. The third-order valence-corrected chi connectivity index (χ3v) is 7.43. The number of H-pyrrole nitrogens is 1. The van der Waals surface area contributed by atoms with E-state index in [0.29, 0.717) is 32.2 Å². The number of rotatable bonds is 5. The summed E-state index contributed by atoms with van der Waals surface area (Å²) in [6.45, 7) is 5.68. The highest BCUT2D eigenvalue weighted by Gasteiger charge is 2.20. The Kier molecular flexibility index (Phi) is 6.37. The highest BCUT2D eigenvalue weighted by atomic mass is 35.5. The summed E-state index contributed by atoms with van der Waals surface area (Å²) in [7, 11) is 0. The number of thioether (sulfide) groups is 1. The average Bonchev–Trinajstić information content (AvgIpc) is 3.08. The quantitative estimate of drug-likeness (QED) is 0.326. The number of halogens is 2. The second kappa shape index (κ2) is 9.05. The molecule has 0 radical (unpaired) electrons. The Morgan fingerprint density at radius 3 is 2.72 bits per heavy atom. The van der Waals surface area contributed by atoms with Crippen LogP contribution in [-0.4, -0.2) is 15.9 Å². The van der Waals surface area contributed by atoms with Gasteiger partial charge >= 0.3 is 0 Å². The van der Waals surface area contributed by atoms with Gasteiger partial charge in [-0.15, -0.1) is 23.1 Å². The van der Waals surface area contributed by atoms with Crippen LogP contribution in [-0.2, 0) is 5.75 Å². The Morgan fingerprint density at radius 2 is 2.00 bits per heavy atom. The standard InChI is InChI=1S/C23H19ClFN3O2S2/c1-11-4-7-17(12(2)8-11)26-22(30)20-13(3)19-21(29)27-18(28-23(19)32-20)10-31-14-5-6-16(25)15(24)9-14/h4-9H,10H2,1-3H3,(H,26,30)(H,27,28,29). The van der Waals surface area contributed by atoms with Gasteiger partial charge in [-0.25, -0.2) is 9.37 Å². The summed E-state index contributed by atoms with van der Waals surface area (Å²) in [4.78, 5) is 34.7. The van der Waals surface area contributed by atoms with Crippen molar-refractivity contribution in [1.82, 2.24) is 9.97 Å². The third kappa shape index (κ3) is 4.57. The Labute approximate surface area is 197 Å². The number of aromatic amines is 1. The Bertz CT molecular complexity index is 1410. The van der Waals surface area contributed by atoms with Gasteiger partial charge < -0.3 is 10.3 Å². The number of hydrogen-bond donors (Lipinski definition) is 2. The van der Waals surface area contributed by atoms with Gasteiger partial charge in [0.15, 0.2) is 0 Å². The van der Waals surface area contributed by atoms with Gasteiger partial charge in [0.05, 0.1) is 21.0 Å². The maximum Gasteiger partial charge on any atom is 0.266 e. The van der Waals surface area contributed by atoms with E-state index in [4.69, 9.17) is 11.6 Å². The van der Waals surface area contributed by atoms with Crippen molar-refractivity contribution in [2.45, 2.75) is 31.4 Å². The molecule has 9 heteroatoms. The summed E-state index contributed by atoms with van der Waals surface area (Å²) in [5.74, 6) is 0.0858. The molecule has 2 heterocycles. The van der Waals surface area contributed by atoms with Crippen molar-refractivity contribution >= 4 is 56.5 Å². The van der Waals surface area contributed by atoms with E-state index in [1.807, 2.05) is 32.0 Å². The number of nitrogens with zero attached hydrogens (tertiary/aromatic N) is 1. The van der Waals surface area contributed by atoms with Crippen LogP contribution in [0.1, 0.15) is 32.2 Å². The number of benzene rings is 2. The average molecular weight is 488 g/mol. The highest BCUT2D eigenvalue weighted by Crippen LogP contribution is 2.30. The zero-order valence-electron chi connectivity index (χ0n) is 17.5. The summed E-state index contributed by atoms with van der Waals surface area (Å²) in [5, 5.41) is 3.39. The number of amides is 1. The number of aryl methyl sites for hydroxylation is 3. The van der Waals surface area contributed by atoms with Crippen LogP contribution in [0.2, 0.25) is 5.02 Å². The van der Waals surface area contributed by atoms with Crippen LogP contribution in [0.25, 0.3) is 10.2 Å². The third-order valence-electron chi connectivity index (χ3n) is 4.95. The Balaban J connectivity index is 1.60. The number of thiophene rings is 1. The maximum atomic E-state index is 13.3. The van der Waals surface area contributed by atoms with Crippen LogP contribution < -0.4 is 10.9 Å². The van der Waals surface area contributed by atoms with Gasteiger partial charge in [-0.05, 0) is 56.2 Å². The molecule has 0 spiro atoms. The Morgan fingerprint density at radius 1 is 1.22 bits per heavy atom. The fourth-order valence-corrected chi connectivity index (χ4v) is 5.47. The first kappa shape index (κ1) is 22.5. The number of hydrogen-bond acceptors (Lipinski definition) is 5. The van der Waals surface area contributed by atoms with Crippen molar-refractivity contribution in [1.29, 1.82) is 0 Å². The molecule has 2 aromatic heterocycles. The lowest BCUT2D eigenvalue weighted by molar-refractivity contribution is 0.103. The van der Waals surface area contributed by atoms with Crippen molar-refractivity contribution in [2.24, 2.45) is 0 Å². The number of carbonyl (C=O) groups excluding carboxylic acids is 1. The molecule has 0 aliphatic carbocycles. The molecule has 32 heavy (non-hydrogen) atoms. The van der Waals surface area contributed by atoms with E-state index >= 15 is 0 Å². The summed E-state index contributed by atoms with van der Waals surface area (Å²) < 4.78 is 13.3. The second-order valence-electron chi connectivity index (χ2n) is 7.39. The minimum atomic E-state index is -0.482. The van der Waals surface area contributed by atoms with Gasteiger partial charge in [0.25, 0.3) is 11.5 Å². The number of carbonyl (C=O) groups is 1. The van der Waals surface area contributed by atoms with Crippen molar-refractivity contribution in [3.8, 4) is 0 Å². The van der Waals surface area contributed by atoms with E-state index in [9.17, 15) is 14.0 Å². The molecule has 0 aliphatic heterocycles. The molecule has 2 aromatic carbocycles. The lowest BCUT2D eigenvalue weighted by Gasteiger charge is -2.08. The predicted octanol–water partition coefficient (Wildman–Crippen LogP) is 6.25. The molecule has 4 aromatic rings. The fraction of sp³-hybridized carbons (Fsp3) is 0.174. The summed E-state index contributed by atoms with van der Waals surface area (Å²) in [6.07, 6.45) is 0. The van der Waals surface area contributed by atoms with Crippen LogP contribution in [0.4, 0.5) is 10.1 Å². The topological polar surface area (TPSA) is 74.8 Å². The van der Waals surface area contributed by atoms with Gasteiger partial charge in [-0.3, -0.25) is 9.59 Å². The van der Waals surface area contributed by atoms with Crippen molar-refractivity contribution in [3.05, 3.63) is 85.0 Å². The first-order valence-corrected chi connectivity index (χ1v) is 11.9. The minimum Gasteiger partial charge on any atom is -0.321 e. The molecule has 0 aliphatic rings. The van der Waals surface area contributed by atoms with E-state index in [-0.39, 0.29) is 16.5 Å².